The molecule has 5 heteroatoms. The number of benzene rings is 1. The van der Waals surface area contributed by atoms with Gasteiger partial charge in [-0.3, -0.25) is 4.68 Å². The lowest BCUT2D eigenvalue weighted by Crippen LogP contribution is -2.17. The highest BCUT2D eigenvalue weighted by Gasteiger charge is 2.19. The first-order valence-corrected chi connectivity index (χ1v) is 7.08. The molecule has 0 aliphatic heterocycles. The van der Waals surface area contributed by atoms with Crippen molar-refractivity contribution in [3.8, 4) is 5.69 Å². The number of hydrogen-bond donors (Lipinski definition) is 1. The zero-order valence-corrected chi connectivity index (χ0v) is 12.3. The van der Waals surface area contributed by atoms with Crippen LogP contribution in [0, 0.1) is 0 Å². The van der Waals surface area contributed by atoms with Gasteiger partial charge < -0.3 is 5.73 Å². The van der Waals surface area contributed by atoms with Crippen molar-refractivity contribution < 1.29 is 0 Å². The molecule has 0 spiro atoms. The lowest BCUT2D eigenvalue weighted by atomic mass is 10.0. The quantitative estimate of drug-likeness (QED) is 0.797. The first-order valence-electron chi connectivity index (χ1n) is 7.08. The summed E-state index contributed by atoms with van der Waals surface area (Å²) in [5.41, 5.74) is 10.5. The van der Waals surface area contributed by atoms with E-state index in [0.29, 0.717) is 0 Å². The highest BCUT2D eigenvalue weighted by atomic mass is 15.3. The minimum Gasteiger partial charge on any atom is -0.319 e. The normalized spacial score (nSPS) is 12.5. The Kier molecular flexibility index (Phi) is 3.58. The smallest absolute Gasteiger partial charge is 0.0761 e. The summed E-state index contributed by atoms with van der Waals surface area (Å²) in [6.45, 7) is 2.09. The molecular weight excluding hydrogens is 262 g/mol. The van der Waals surface area contributed by atoms with Crippen molar-refractivity contribution in [2.75, 3.05) is 0 Å². The third-order valence-corrected chi connectivity index (χ3v) is 3.60. The number of rotatable bonds is 4. The summed E-state index contributed by atoms with van der Waals surface area (Å²) in [5, 5.41) is 8.87. The van der Waals surface area contributed by atoms with Gasteiger partial charge in [-0.2, -0.15) is 10.2 Å². The van der Waals surface area contributed by atoms with E-state index in [9.17, 15) is 0 Å². The van der Waals surface area contributed by atoms with E-state index >= 15 is 0 Å². The van der Waals surface area contributed by atoms with E-state index in [-0.39, 0.29) is 6.04 Å². The molecule has 5 nitrogen and oxygen atoms in total. The van der Waals surface area contributed by atoms with Gasteiger partial charge in [-0.25, -0.2) is 4.68 Å². The van der Waals surface area contributed by atoms with Crippen LogP contribution in [-0.2, 0) is 13.5 Å². The van der Waals surface area contributed by atoms with E-state index in [2.05, 4.69) is 17.1 Å². The van der Waals surface area contributed by atoms with Gasteiger partial charge in [-0.05, 0) is 24.6 Å². The molecule has 1 unspecified atom stereocenters. The predicted molar refractivity (Wildman–Crippen MR) is 82.2 cm³/mol. The van der Waals surface area contributed by atoms with Crippen molar-refractivity contribution in [3.05, 3.63) is 65.7 Å². The lowest BCUT2D eigenvalue weighted by Gasteiger charge is -2.14. The zero-order chi connectivity index (χ0) is 14.8. The van der Waals surface area contributed by atoms with Crippen LogP contribution in [0.15, 0.2) is 48.8 Å². The first kappa shape index (κ1) is 13.6. The minimum absolute atomic E-state index is 0.239. The Morgan fingerprint density at radius 3 is 2.67 bits per heavy atom. The van der Waals surface area contributed by atoms with Gasteiger partial charge in [-0.1, -0.05) is 25.1 Å². The Morgan fingerprint density at radius 1 is 1.19 bits per heavy atom. The van der Waals surface area contributed by atoms with Crippen LogP contribution < -0.4 is 5.73 Å². The molecule has 0 aliphatic rings. The summed E-state index contributed by atoms with van der Waals surface area (Å²) in [7, 11) is 1.92. The van der Waals surface area contributed by atoms with Crippen LogP contribution in [0.1, 0.15) is 29.9 Å². The largest absolute Gasteiger partial charge is 0.319 e. The van der Waals surface area contributed by atoms with E-state index in [1.165, 1.54) is 0 Å². The van der Waals surface area contributed by atoms with E-state index < -0.39 is 0 Å². The molecule has 0 radical (unpaired) electrons. The first-order chi connectivity index (χ1) is 10.2. The highest BCUT2D eigenvalue weighted by molar-refractivity contribution is 5.36. The van der Waals surface area contributed by atoms with Gasteiger partial charge >= 0.3 is 0 Å². The van der Waals surface area contributed by atoms with Crippen LogP contribution in [0.4, 0.5) is 0 Å². The topological polar surface area (TPSA) is 61.7 Å². The van der Waals surface area contributed by atoms with Crippen LogP contribution in [0.5, 0.6) is 0 Å². The fourth-order valence-electron chi connectivity index (χ4n) is 2.58. The van der Waals surface area contributed by atoms with Crippen LogP contribution in [0.2, 0.25) is 0 Å². The van der Waals surface area contributed by atoms with Crippen LogP contribution >= 0.6 is 0 Å². The second-order valence-electron chi connectivity index (χ2n) is 5.04. The summed E-state index contributed by atoms with van der Waals surface area (Å²) in [4.78, 5) is 0. The molecule has 0 bridgehead atoms. The number of aromatic nitrogens is 4. The van der Waals surface area contributed by atoms with Gasteiger partial charge in [0.2, 0.25) is 0 Å². The van der Waals surface area contributed by atoms with E-state index in [1.54, 1.807) is 6.20 Å². The number of hydrogen-bond acceptors (Lipinski definition) is 3. The van der Waals surface area contributed by atoms with Gasteiger partial charge in [-0.15, -0.1) is 0 Å². The molecule has 2 aromatic heterocycles. The van der Waals surface area contributed by atoms with Crippen molar-refractivity contribution in [2.24, 2.45) is 12.8 Å². The summed E-state index contributed by atoms with van der Waals surface area (Å²) >= 11 is 0. The van der Waals surface area contributed by atoms with Crippen molar-refractivity contribution in [2.45, 2.75) is 19.4 Å². The minimum atomic E-state index is -0.239. The third-order valence-electron chi connectivity index (χ3n) is 3.60. The van der Waals surface area contributed by atoms with Gasteiger partial charge in [0, 0.05) is 25.0 Å². The average molecular weight is 281 g/mol. The van der Waals surface area contributed by atoms with Crippen molar-refractivity contribution in [1.29, 1.82) is 0 Å². The van der Waals surface area contributed by atoms with Gasteiger partial charge in [0.15, 0.2) is 0 Å². The zero-order valence-electron chi connectivity index (χ0n) is 12.3. The fourth-order valence-corrected chi connectivity index (χ4v) is 2.58. The molecule has 108 valence electrons. The van der Waals surface area contributed by atoms with Crippen LogP contribution in [-0.4, -0.2) is 19.6 Å². The molecule has 2 N–H and O–H groups in total. The second kappa shape index (κ2) is 5.54. The van der Waals surface area contributed by atoms with Gasteiger partial charge in [0.05, 0.1) is 23.1 Å². The maximum Gasteiger partial charge on any atom is 0.0761 e. The van der Waals surface area contributed by atoms with Gasteiger partial charge in [0.25, 0.3) is 0 Å². The predicted octanol–water partition coefficient (Wildman–Crippen LogP) is 2.22. The highest BCUT2D eigenvalue weighted by Crippen LogP contribution is 2.24. The van der Waals surface area contributed by atoms with Crippen molar-refractivity contribution >= 4 is 0 Å². The van der Waals surface area contributed by atoms with E-state index in [1.807, 2.05) is 59.0 Å². The van der Waals surface area contributed by atoms with Crippen LogP contribution in [0.3, 0.4) is 0 Å². The molecule has 1 atom stereocenters. The Labute approximate surface area is 124 Å². The Balaban J connectivity index is 2.03. The monoisotopic (exact) mass is 281 g/mol. The van der Waals surface area contributed by atoms with E-state index in [4.69, 9.17) is 5.73 Å². The molecule has 0 aliphatic carbocycles. The van der Waals surface area contributed by atoms with Crippen molar-refractivity contribution in [1.82, 2.24) is 19.6 Å². The second-order valence-corrected chi connectivity index (χ2v) is 5.04. The van der Waals surface area contributed by atoms with Crippen molar-refractivity contribution in [3.63, 3.8) is 0 Å². The fraction of sp³-hybridized carbons (Fsp3) is 0.250. The molecule has 3 rings (SSSR count). The molecule has 0 saturated heterocycles. The average Bonchev–Trinajstić information content (AvgIpc) is 3.13. The SMILES string of the molecule is CCc1nn(C)cc1C(N)c1ccnn1-c1ccccc1. The molecule has 0 fully saturated rings. The maximum absolute atomic E-state index is 6.47. The summed E-state index contributed by atoms with van der Waals surface area (Å²) in [5.74, 6) is 0. The molecule has 1 aromatic carbocycles. The molecule has 0 amide bonds. The number of nitrogens with zero attached hydrogens (tertiary/aromatic N) is 4. The van der Waals surface area contributed by atoms with E-state index in [0.717, 1.165) is 29.1 Å². The van der Waals surface area contributed by atoms with Gasteiger partial charge in [0.1, 0.15) is 0 Å². The molecule has 21 heavy (non-hydrogen) atoms. The number of para-hydroxylation sites is 1. The molecular formula is C16H19N5. The number of nitrogens with two attached hydrogens (primary N) is 1. The third kappa shape index (κ3) is 2.48. The molecule has 2 heterocycles. The Morgan fingerprint density at radius 2 is 1.95 bits per heavy atom. The Hall–Kier alpha value is -2.40. The molecule has 3 aromatic rings. The standard InChI is InChI=1S/C16H19N5/c1-3-14-13(11-20(2)19-14)16(17)15-9-10-18-21(15)12-7-5-4-6-8-12/h4-11,16H,3,17H2,1-2H3. The lowest BCUT2D eigenvalue weighted by molar-refractivity contribution is 0.732. The summed E-state index contributed by atoms with van der Waals surface area (Å²) < 4.78 is 3.70. The maximum atomic E-state index is 6.47. The van der Waals surface area contributed by atoms with Crippen LogP contribution in [0.25, 0.3) is 5.69 Å². The summed E-state index contributed by atoms with van der Waals surface area (Å²) in [6.07, 6.45) is 4.64. The Bertz CT molecular complexity index is 726. The molecule has 0 saturated carbocycles. The number of aryl methyl sites for hydroxylation is 2. The summed E-state index contributed by atoms with van der Waals surface area (Å²) in [6, 6.07) is 11.7.